The van der Waals surface area contributed by atoms with Gasteiger partial charge in [-0.05, 0) is 35.9 Å². The van der Waals surface area contributed by atoms with Crippen molar-refractivity contribution >= 4 is 52.5 Å². The number of ether oxygens (including phenoxy) is 1. The number of anilines is 2. The number of nitriles is 1. The molecule has 0 fully saturated rings. The fourth-order valence-corrected chi connectivity index (χ4v) is 2.52. The average Bonchev–Trinajstić information content (AvgIpc) is 2.68. The second-order valence-corrected chi connectivity index (χ2v) is 6.67. The van der Waals surface area contributed by atoms with Crippen molar-refractivity contribution < 1.29 is 14.3 Å². The summed E-state index contributed by atoms with van der Waals surface area (Å²) < 4.78 is 4.91. The summed E-state index contributed by atoms with van der Waals surface area (Å²) in [4.78, 5) is 26.0. The molecule has 0 aliphatic carbocycles. The van der Waals surface area contributed by atoms with Crippen LogP contribution >= 0.6 is 23.2 Å². The molecule has 0 unspecified atom stereocenters. The molecule has 0 aliphatic rings. The number of hydrogen-bond acceptors (Lipinski definition) is 5. The van der Waals surface area contributed by atoms with Crippen LogP contribution in [0.5, 0.6) is 0 Å². The van der Waals surface area contributed by atoms with Gasteiger partial charge < -0.3 is 15.0 Å². The van der Waals surface area contributed by atoms with Crippen LogP contribution in [0, 0.1) is 11.3 Å². The van der Waals surface area contributed by atoms with Crippen LogP contribution in [0.25, 0.3) is 6.08 Å². The fraction of sp³-hybridized carbons (Fsp3) is 0.150. The van der Waals surface area contributed by atoms with Gasteiger partial charge in [-0.2, -0.15) is 5.26 Å². The third kappa shape index (κ3) is 5.74. The molecule has 0 saturated heterocycles. The third-order valence-corrected chi connectivity index (χ3v) is 4.44. The highest BCUT2D eigenvalue weighted by Gasteiger charge is 2.14. The Bertz CT molecular complexity index is 948. The van der Waals surface area contributed by atoms with E-state index in [1.807, 2.05) is 31.1 Å². The number of rotatable bonds is 6. The Kier molecular flexibility index (Phi) is 7.44. The molecule has 0 bridgehead atoms. The van der Waals surface area contributed by atoms with E-state index in [2.05, 4.69) is 5.32 Å². The van der Waals surface area contributed by atoms with Crippen LogP contribution < -0.4 is 10.2 Å². The molecule has 0 aromatic heterocycles. The minimum atomic E-state index is -0.897. The smallest absolute Gasteiger partial charge is 0.349 e. The predicted octanol–water partition coefficient (Wildman–Crippen LogP) is 4.15. The molecule has 0 aliphatic heterocycles. The second-order valence-electron chi connectivity index (χ2n) is 5.88. The van der Waals surface area contributed by atoms with Crippen molar-refractivity contribution in [2.45, 2.75) is 0 Å². The zero-order chi connectivity index (χ0) is 20.7. The summed E-state index contributed by atoms with van der Waals surface area (Å²) in [6, 6.07) is 13.8. The second kappa shape index (κ2) is 9.79. The Hall–Kier alpha value is -3.01. The predicted molar refractivity (Wildman–Crippen MR) is 110 cm³/mol. The van der Waals surface area contributed by atoms with Crippen molar-refractivity contribution in [3.8, 4) is 6.07 Å². The first kappa shape index (κ1) is 21.3. The maximum Gasteiger partial charge on any atom is 0.349 e. The van der Waals surface area contributed by atoms with Crippen LogP contribution in [-0.4, -0.2) is 32.6 Å². The molecule has 0 saturated carbocycles. The van der Waals surface area contributed by atoms with Gasteiger partial charge >= 0.3 is 5.97 Å². The maximum absolute atomic E-state index is 12.1. The van der Waals surface area contributed by atoms with Gasteiger partial charge in [0.05, 0.1) is 15.7 Å². The van der Waals surface area contributed by atoms with Crippen LogP contribution in [0.1, 0.15) is 5.56 Å². The number of halogens is 2. The van der Waals surface area contributed by atoms with E-state index in [1.54, 1.807) is 36.4 Å². The largest absolute Gasteiger partial charge is 0.451 e. The summed E-state index contributed by atoms with van der Waals surface area (Å²) >= 11 is 11.9. The highest BCUT2D eigenvalue weighted by molar-refractivity contribution is 6.44. The molecule has 2 rings (SSSR count). The van der Waals surface area contributed by atoms with E-state index in [-0.39, 0.29) is 15.6 Å². The molecule has 1 N–H and O–H groups in total. The van der Waals surface area contributed by atoms with Gasteiger partial charge in [0, 0.05) is 19.8 Å². The van der Waals surface area contributed by atoms with Crippen LogP contribution in [-0.2, 0) is 14.3 Å². The summed E-state index contributed by atoms with van der Waals surface area (Å²) in [5, 5.41) is 12.2. The highest BCUT2D eigenvalue weighted by Crippen LogP contribution is 2.29. The molecule has 8 heteroatoms. The zero-order valence-electron chi connectivity index (χ0n) is 15.2. The van der Waals surface area contributed by atoms with E-state index in [9.17, 15) is 14.9 Å². The first-order valence-electron chi connectivity index (χ1n) is 8.12. The Balaban J connectivity index is 1.99. The molecule has 0 atom stereocenters. The number of nitrogens with zero attached hydrogens (tertiary/aromatic N) is 2. The van der Waals surface area contributed by atoms with Gasteiger partial charge in [0.25, 0.3) is 5.91 Å². The minimum absolute atomic E-state index is 0.183. The van der Waals surface area contributed by atoms with Crippen molar-refractivity contribution in [3.05, 3.63) is 63.6 Å². The van der Waals surface area contributed by atoms with Gasteiger partial charge in [0.1, 0.15) is 11.6 Å². The van der Waals surface area contributed by atoms with E-state index in [0.29, 0.717) is 11.3 Å². The topological polar surface area (TPSA) is 82.4 Å². The number of esters is 1. The Morgan fingerprint density at radius 2 is 1.86 bits per heavy atom. The number of hydrogen-bond donors (Lipinski definition) is 1. The third-order valence-electron chi connectivity index (χ3n) is 3.62. The van der Waals surface area contributed by atoms with Crippen LogP contribution in [0.3, 0.4) is 0 Å². The molecule has 2 aromatic rings. The number of nitrogens with one attached hydrogen (secondary N) is 1. The molecule has 28 heavy (non-hydrogen) atoms. The molecule has 1 amide bonds. The quantitative estimate of drug-likeness (QED) is 0.433. The molecular weight excluding hydrogens is 401 g/mol. The van der Waals surface area contributed by atoms with Gasteiger partial charge in [-0.3, -0.25) is 4.79 Å². The van der Waals surface area contributed by atoms with Crippen molar-refractivity contribution in [1.29, 1.82) is 5.26 Å². The Labute approximate surface area is 172 Å². The standard InChI is InChI=1S/C20H17Cl2N3O3/c1-25(2)15-8-6-13(7-9-15)10-14(11-23)20(27)28-12-18(26)24-17-5-3-4-16(21)19(17)22/h3-10H,12H2,1-2H3,(H,24,26)/b14-10+. The SMILES string of the molecule is CN(C)c1ccc(/C=C(\C#N)C(=O)OCC(=O)Nc2cccc(Cl)c2Cl)cc1. The molecular formula is C20H17Cl2N3O3. The molecule has 0 radical (unpaired) electrons. The first-order chi connectivity index (χ1) is 13.3. The number of benzene rings is 2. The van der Waals surface area contributed by atoms with Gasteiger partial charge in [-0.1, -0.05) is 41.4 Å². The van der Waals surface area contributed by atoms with Gasteiger partial charge in [0.2, 0.25) is 0 Å². The van der Waals surface area contributed by atoms with Crippen molar-refractivity contribution in [2.24, 2.45) is 0 Å². The Morgan fingerprint density at radius 3 is 2.46 bits per heavy atom. The first-order valence-corrected chi connectivity index (χ1v) is 8.87. The highest BCUT2D eigenvalue weighted by atomic mass is 35.5. The van der Waals surface area contributed by atoms with Gasteiger partial charge in [-0.15, -0.1) is 0 Å². The van der Waals surface area contributed by atoms with E-state index < -0.39 is 18.5 Å². The van der Waals surface area contributed by atoms with Crippen molar-refractivity contribution in [2.75, 3.05) is 30.9 Å². The molecule has 6 nitrogen and oxygen atoms in total. The zero-order valence-corrected chi connectivity index (χ0v) is 16.7. The lowest BCUT2D eigenvalue weighted by molar-refractivity contribution is -0.142. The number of amides is 1. The summed E-state index contributed by atoms with van der Waals surface area (Å²) in [6.07, 6.45) is 1.40. The van der Waals surface area contributed by atoms with E-state index in [1.165, 1.54) is 6.08 Å². The minimum Gasteiger partial charge on any atom is -0.451 e. The van der Waals surface area contributed by atoms with E-state index in [0.717, 1.165) is 5.69 Å². The average molecular weight is 418 g/mol. The fourth-order valence-electron chi connectivity index (χ4n) is 2.17. The van der Waals surface area contributed by atoms with E-state index >= 15 is 0 Å². The maximum atomic E-state index is 12.1. The van der Waals surface area contributed by atoms with E-state index in [4.69, 9.17) is 27.9 Å². The van der Waals surface area contributed by atoms with Gasteiger partial charge in [-0.25, -0.2) is 4.79 Å². The molecule has 144 valence electrons. The van der Waals surface area contributed by atoms with Crippen molar-refractivity contribution in [1.82, 2.24) is 0 Å². The van der Waals surface area contributed by atoms with Crippen LogP contribution in [0.4, 0.5) is 11.4 Å². The number of carbonyl (C=O) groups excluding carboxylic acids is 2. The Morgan fingerprint density at radius 1 is 1.18 bits per heavy atom. The van der Waals surface area contributed by atoms with Gasteiger partial charge in [0.15, 0.2) is 6.61 Å². The monoisotopic (exact) mass is 417 g/mol. The molecule has 0 heterocycles. The summed E-state index contributed by atoms with van der Waals surface area (Å²) in [6.45, 7) is -0.569. The van der Waals surface area contributed by atoms with Crippen LogP contribution in [0.2, 0.25) is 10.0 Å². The molecule has 2 aromatic carbocycles. The molecule has 0 spiro atoms. The van der Waals surface area contributed by atoms with Crippen molar-refractivity contribution in [3.63, 3.8) is 0 Å². The lowest BCUT2D eigenvalue weighted by Gasteiger charge is -2.12. The van der Waals surface area contributed by atoms with Crippen LogP contribution in [0.15, 0.2) is 48.0 Å². The summed E-state index contributed by atoms with van der Waals surface area (Å²) in [5.74, 6) is -1.50. The normalized spacial score (nSPS) is 10.8. The lowest BCUT2D eigenvalue weighted by Crippen LogP contribution is -2.21. The summed E-state index contributed by atoms with van der Waals surface area (Å²) in [5.41, 5.74) is 1.72. The lowest BCUT2D eigenvalue weighted by atomic mass is 10.1. The summed E-state index contributed by atoms with van der Waals surface area (Å²) in [7, 11) is 3.81. The number of carbonyl (C=O) groups is 2.